The van der Waals surface area contributed by atoms with E-state index in [1.54, 1.807) is 6.07 Å². The molecule has 2 aliphatic rings. The molecular formula is C27H30F3N5. The van der Waals surface area contributed by atoms with E-state index in [1.807, 2.05) is 13.8 Å². The molecule has 1 aromatic heterocycles. The van der Waals surface area contributed by atoms with Crippen molar-refractivity contribution < 1.29 is 13.2 Å². The van der Waals surface area contributed by atoms with Gasteiger partial charge in [-0.3, -0.25) is 0 Å². The molecule has 0 fully saturated rings. The highest BCUT2D eigenvalue weighted by atomic mass is 19.4. The van der Waals surface area contributed by atoms with E-state index in [0.717, 1.165) is 61.8 Å². The van der Waals surface area contributed by atoms with Crippen LogP contribution in [0.25, 0.3) is 16.5 Å². The van der Waals surface area contributed by atoms with Crippen LogP contribution >= 0.6 is 0 Å². The molecule has 0 saturated heterocycles. The van der Waals surface area contributed by atoms with E-state index in [4.69, 9.17) is 10.7 Å². The first kappa shape index (κ1) is 23.6. The molecule has 1 aliphatic heterocycles. The van der Waals surface area contributed by atoms with Crippen molar-refractivity contribution in [2.75, 3.05) is 31.2 Å². The Morgan fingerprint density at radius 1 is 1.06 bits per heavy atom. The van der Waals surface area contributed by atoms with Crippen LogP contribution in [-0.4, -0.2) is 35.0 Å². The Balaban J connectivity index is 1.60. The minimum atomic E-state index is -4.46. The van der Waals surface area contributed by atoms with Crippen molar-refractivity contribution in [3.05, 3.63) is 64.0 Å². The first-order valence-electron chi connectivity index (χ1n) is 12.1. The van der Waals surface area contributed by atoms with Crippen LogP contribution < -0.4 is 11.1 Å². The van der Waals surface area contributed by atoms with Crippen molar-refractivity contribution in [2.45, 2.75) is 51.7 Å². The molecule has 2 aromatic carbocycles. The first-order chi connectivity index (χ1) is 16.6. The largest absolute Gasteiger partial charge is 0.416 e. The van der Waals surface area contributed by atoms with Gasteiger partial charge in [0.05, 0.1) is 17.1 Å². The Hall–Kier alpha value is -3.13. The molecule has 35 heavy (non-hydrogen) atoms. The summed E-state index contributed by atoms with van der Waals surface area (Å²) >= 11 is 0. The topological polar surface area (TPSA) is 67.1 Å². The number of anilines is 2. The minimum Gasteiger partial charge on any atom is -0.399 e. The number of likely N-dealkylation sites (N-methyl/N-ethyl adjacent to an activating group) is 1. The normalized spacial score (nSPS) is 17.4. The van der Waals surface area contributed by atoms with Gasteiger partial charge in [-0.15, -0.1) is 0 Å². The number of nitrogen functional groups attached to an aromatic ring is 1. The van der Waals surface area contributed by atoms with E-state index < -0.39 is 17.8 Å². The standard InChI is InChI=1S/C27H30F3N5/c1-15(18-11-19(27(28,29)30)13-20(31)12-18)32-26-24-14-23(17-7-9-35(3)10-8-17)21-5-4-6-22(21)25(24)33-16(2)34-26/h7,11-15H,4-6,8-10,31H2,1-3H3,(H,32,33,34). The highest BCUT2D eigenvalue weighted by molar-refractivity contribution is 5.96. The van der Waals surface area contributed by atoms with E-state index in [9.17, 15) is 13.2 Å². The maximum Gasteiger partial charge on any atom is 0.416 e. The zero-order valence-electron chi connectivity index (χ0n) is 20.3. The molecule has 2 heterocycles. The molecule has 3 aromatic rings. The van der Waals surface area contributed by atoms with Gasteiger partial charge >= 0.3 is 6.18 Å². The number of nitrogens with two attached hydrogens (primary N) is 1. The van der Waals surface area contributed by atoms with E-state index in [-0.39, 0.29) is 5.69 Å². The van der Waals surface area contributed by atoms with Crippen LogP contribution in [0.2, 0.25) is 0 Å². The molecule has 5 rings (SSSR count). The number of alkyl halides is 3. The predicted octanol–water partition coefficient (Wildman–Crippen LogP) is 5.92. The minimum absolute atomic E-state index is 0.0847. The van der Waals surface area contributed by atoms with Gasteiger partial charge in [0.1, 0.15) is 11.6 Å². The zero-order chi connectivity index (χ0) is 24.9. The van der Waals surface area contributed by atoms with Gasteiger partial charge in [0.15, 0.2) is 0 Å². The molecule has 1 unspecified atom stereocenters. The fraction of sp³-hybridized carbons (Fsp3) is 0.407. The summed E-state index contributed by atoms with van der Waals surface area (Å²) in [5, 5.41) is 4.29. The van der Waals surface area contributed by atoms with Gasteiger partial charge in [-0.2, -0.15) is 13.2 Å². The fourth-order valence-electron chi connectivity index (χ4n) is 5.27. The van der Waals surface area contributed by atoms with Crippen molar-refractivity contribution in [2.24, 2.45) is 0 Å². The summed E-state index contributed by atoms with van der Waals surface area (Å²) in [6.45, 7) is 5.62. The van der Waals surface area contributed by atoms with Crippen LogP contribution in [0.15, 0.2) is 30.3 Å². The third-order valence-electron chi connectivity index (χ3n) is 7.09. The van der Waals surface area contributed by atoms with Gasteiger partial charge in [0.2, 0.25) is 0 Å². The average Bonchev–Trinajstić information content (AvgIpc) is 3.29. The van der Waals surface area contributed by atoms with Crippen molar-refractivity contribution in [1.29, 1.82) is 0 Å². The third kappa shape index (κ3) is 4.59. The quantitative estimate of drug-likeness (QED) is 0.453. The third-order valence-corrected chi connectivity index (χ3v) is 7.09. The van der Waals surface area contributed by atoms with Crippen molar-refractivity contribution in [3.8, 4) is 0 Å². The van der Waals surface area contributed by atoms with E-state index in [0.29, 0.717) is 17.2 Å². The second-order valence-electron chi connectivity index (χ2n) is 9.74. The molecule has 3 N–H and O–H groups in total. The van der Waals surface area contributed by atoms with Crippen LogP contribution in [0.5, 0.6) is 0 Å². The number of rotatable bonds is 4. The fourth-order valence-corrected chi connectivity index (χ4v) is 5.27. The average molecular weight is 482 g/mol. The highest BCUT2D eigenvalue weighted by Crippen LogP contribution is 2.40. The number of benzene rings is 2. The predicted molar refractivity (Wildman–Crippen MR) is 134 cm³/mol. The Morgan fingerprint density at radius 2 is 1.83 bits per heavy atom. The number of hydrogen-bond donors (Lipinski definition) is 2. The second-order valence-corrected chi connectivity index (χ2v) is 9.74. The molecule has 0 radical (unpaired) electrons. The van der Waals surface area contributed by atoms with Crippen LogP contribution in [0.3, 0.4) is 0 Å². The number of nitrogens with one attached hydrogen (secondary N) is 1. The van der Waals surface area contributed by atoms with Gasteiger partial charge in [-0.05, 0) is 98.7 Å². The molecule has 184 valence electrons. The van der Waals surface area contributed by atoms with Gasteiger partial charge < -0.3 is 16.0 Å². The lowest BCUT2D eigenvalue weighted by molar-refractivity contribution is -0.137. The SMILES string of the molecule is Cc1nc(NC(C)c2cc(N)cc(C(F)(F)F)c2)c2cc(C3=CCN(C)CC3)c3c(c2n1)CCC3. The van der Waals surface area contributed by atoms with Crippen LogP contribution in [0.4, 0.5) is 24.7 Å². The summed E-state index contributed by atoms with van der Waals surface area (Å²) in [5.74, 6) is 1.27. The lowest BCUT2D eigenvalue weighted by Gasteiger charge is -2.24. The number of halogens is 3. The molecule has 0 saturated carbocycles. The first-order valence-corrected chi connectivity index (χ1v) is 12.1. The Bertz CT molecular complexity index is 1330. The molecule has 5 nitrogen and oxygen atoms in total. The zero-order valence-corrected chi connectivity index (χ0v) is 20.3. The smallest absolute Gasteiger partial charge is 0.399 e. The number of nitrogens with zero attached hydrogens (tertiary/aromatic N) is 3. The maximum atomic E-state index is 13.4. The van der Waals surface area contributed by atoms with Crippen LogP contribution in [0.1, 0.15) is 59.4 Å². The summed E-state index contributed by atoms with van der Waals surface area (Å²) in [7, 11) is 2.12. The monoisotopic (exact) mass is 481 g/mol. The number of fused-ring (bicyclic) bond motifs is 3. The van der Waals surface area contributed by atoms with Crippen LogP contribution in [-0.2, 0) is 19.0 Å². The Kier molecular flexibility index (Phi) is 5.95. The molecular weight excluding hydrogens is 451 g/mol. The van der Waals surface area contributed by atoms with Gasteiger partial charge in [0, 0.05) is 24.2 Å². The number of aromatic nitrogens is 2. The molecule has 8 heteroatoms. The number of hydrogen-bond acceptors (Lipinski definition) is 5. The molecule has 0 bridgehead atoms. The van der Waals surface area contributed by atoms with Gasteiger partial charge in [0.25, 0.3) is 0 Å². The summed E-state index contributed by atoms with van der Waals surface area (Å²) in [6, 6.07) is 5.44. The summed E-state index contributed by atoms with van der Waals surface area (Å²) < 4.78 is 40.1. The molecule has 1 aliphatic carbocycles. The highest BCUT2D eigenvalue weighted by Gasteiger charge is 2.31. The van der Waals surface area contributed by atoms with Crippen molar-refractivity contribution >= 4 is 28.0 Å². The Labute approximate surface area is 203 Å². The van der Waals surface area contributed by atoms with Crippen LogP contribution in [0, 0.1) is 6.92 Å². The lowest BCUT2D eigenvalue weighted by Crippen LogP contribution is -2.24. The summed E-state index contributed by atoms with van der Waals surface area (Å²) in [4.78, 5) is 11.8. The molecule has 0 amide bonds. The van der Waals surface area contributed by atoms with Crippen molar-refractivity contribution in [1.82, 2.24) is 14.9 Å². The summed E-state index contributed by atoms with van der Waals surface area (Å²) in [5.41, 5.74) is 11.8. The van der Waals surface area contributed by atoms with E-state index in [1.165, 1.54) is 22.3 Å². The Morgan fingerprint density at radius 3 is 2.54 bits per heavy atom. The van der Waals surface area contributed by atoms with Crippen molar-refractivity contribution in [3.63, 3.8) is 0 Å². The molecule has 0 spiro atoms. The van der Waals surface area contributed by atoms with E-state index >= 15 is 0 Å². The second kappa shape index (κ2) is 8.82. The maximum absolute atomic E-state index is 13.4. The lowest BCUT2D eigenvalue weighted by atomic mass is 9.91. The van der Waals surface area contributed by atoms with Gasteiger partial charge in [-0.1, -0.05) is 6.08 Å². The van der Waals surface area contributed by atoms with E-state index in [2.05, 4.69) is 34.4 Å². The number of aryl methyl sites for hydroxylation is 2. The summed E-state index contributed by atoms with van der Waals surface area (Å²) in [6.07, 6.45) is 1.95. The van der Waals surface area contributed by atoms with Gasteiger partial charge in [-0.25, -0.2) is 9.97 Å². The molecule has 1 atom stereocenters.